The van der Waals surface area contributed by atoms with E-state index in [4.69, 9.17) is 9.47 Å². The molecule has 0 saturated carbocycles. The molecule has 1 amide bonds. The van der Waals surface area contributed by atoms with Gasteiger partial charge in [0.2, 0.25) is 0 Å². The monoisotopic (exact) mass is 318 g/mol. The van der Waals surface area contributed by atoms with Gasteiger partial charge in [0.05, 0.1) is 19.3 Å². The van der Waals surface area contributed by atoms with Gasteiger partial charge in [0.15, 0.2) is 0 Å². The molecular weight excluding hydrogens is 288 g/mol. The number of hydrogen-bond acceptors (Lipinski definition) is 5. The van der Waals surface area contributed by atoms with Gasteiger partial charge in [-0.1, -0.05) is 0 Å². The second kappa shape index (κ2) is 8.86. The third-order valence-corrected chi connectivity index (χ3v) is 3.89. The van der Waals surface area contributed by atoms with Crippen LogP contribution in [-0.4, -0.2) is 67.0 Å². The lowest BCUT2D eigenvalue weighted by atomic mass is 10.1. The largest absolute Gasteiger partial charge is 0.444 e. The summed E-state index contributed by atoms with van der Waals surface area (Å²) in [6.45, 7) is 10.6. The molecule has 0 aromatic carbocycles. The zero-order valence-corrected chi connectivity index (χ0v) is 14.8. The SMILES string of the molecule is CSCCNC(C)CC1COCCN1C(=O)OC(C)(C)C. The van der Waals surface area contributed by atoms with E-state index in [0.29, 0.717) is 25.8 Å². The minimum absolute atomic E-state index is 0.0883. The number of hydrogen-bond donors (Lipinski definition) is 1. The molecule has 1 aliphatic heterocycles. The number of nitrogens with zero attached hydrogens (tertiary/aromatic N) is 1. The molecule has 1 saturated heterocycles. The fourth-order valence-electron chi connectivity index (χ4n) is 2.31. The summed E-state index contributed by atoms with van der Waals surface area (Å²) >= 11 is 1.83. The van der Waals surface area contributed by atoms with Gasteiger partial charge in [0, 0.05) is 24.9 Å². The van der Waals surface area contributed by atoms with Gasteiger partial charge in [0.1, 0.15) is 5.60 Å². The fourth-order valence-corrected chi connectivity index (χ4v) is 2.63. The molecular formula is C15H30N2O3S. The molecule has 0 radical (unpaired) electrons. The van der Waals surface area contributed by atoms with Gasteiger partial charge < -0.3 is 19.7 Å². The number of nitrogens with one attached hydrogen (secondary N) is 1. The summed E-state index contributed by atoms with van der Waals surface area (Å²) in [5.74, 6) is 1.10. The third kappa shape index (κ3) is 7.38. The maximum atomic E-state index is 12.3. The van der Waals surface area contributed by atoms with Crippen LogP contribution in [0.4, 0.5) is 4.79 Å². The smallest absolute Gasteiger partial charge is 0.410 e. The molecule has 0 bridgehead atoms. The number of carbonyl (C=O) groups excluding carboxylic acids is 1. The first-order chi connectivity index (χ1) is 9.83. The van der Waals surface area contributed by atoms with Crippen molar-refractivity contribution in [3.8, 4) is 0 Å². The van der Waals surface area contributed by atoms with Crippen LogP contribution in [0.3, 0.4) is 0 Å². The van der Waals surface area contributed by atoms with E-state index in [9.17, 15) is 4.79 Å². The summed E-state index contributed by atoms with van der Waals surface area (Å²) in [6, 6.07) is 0.444. The lowest BCUT2D eigenvalue weighted by Gasteiger charge is -2.37. The van der Waals surface area contributed by atoms with Crippen molar-refractivity contribution in [3.63, 3.8) is 0 Å². The van der Waals surface area contributed by atoms with E-state index < -0.39 is 5.60 Å². The highest BCUT2D eigenvalue weighted by molar-refractivity contribution is 7.98. The molecule has 1 rings (SSSR count). The highest BCUT2D eigenvalue weighted by Gasteiger charge is 2.31. The molecule has 0 aromatic rings. The Balaban J connectivity index is 2.50. The lowest BCUT2D eigenvalue weighted by Crippen LogP contribution is -2.52. The van der Waals surface area contributed by atoms with Crippen molar-refractivity contribution < 1.29 is 14.3 Å². The normalized spacial score (nSPS) is 21.2. The number of thioether (sulfide) groups is 1. The summed E-state index contributed by atoms with van der Waals surface area (Å²) < 4.78 is 11.0. The summed E-state index contributed by atoms with van der Waals surface area (Å²) in [4.78, 5) is 14.1. The van der Waals surface area contributed by atoms with Crippen LogP contribution in [0.15, 0.2) is 0 Å². The van der Waals surface area contributed by atoms with E-state index in [1.54, 1.807) is 0 Å². The highest BCUT2D eigenvalue weighted by atomic mass is 32.2. The van der Waals surface area contributed by atoms with Crippen LogP contribution in [-0.2, 0) is 9.47 Å². The number of rotatable bonds is 6. The summed E-state index contributed by atoms with van der Waals surface area (Å²) in [5.41, 5.74) is -0.456. The Morgan fingerprint density at radius 2 is 2.24 bits per heavy atom. The van der Waals surface area contributed by atoms with Crippen LogP contribution >= 0.6 is 11.8 Å². The van der Waals surface area contributed by atoms with Gasteiger partial charge in [0.25, 0.3) is 0 Å². The molecule has 0 aliphatic carbocycles. The molecule has 0 aromatic heterocycles. The Bertz CT molecular complexity index is 321. The molecule has 21 heavy (non-hydrogen) atoms. The fraction of sp³-hybridized carbons (Fsp3) is 0.933. The average Bonchev–Trinajstić information content (AvgIpc) is 2.37. The Morgan fingerprint density at radius 3 is 2.86 bits per heavy atom. The highest BCUT2D eigenvalue weighted by Crippen LogP contribution is 2.17. The number of amides is 1. The van der Waals surface area contributed by atoms with Crippen LogP contribution in [0.25, 0.3) is 0 Å². The van der Waals surface area contributed by atoms with Crippen molar-refractivity contribution in [3.05, 3.63) is 0 Å². The molecule has 1 aliphatic rings. The van der Waals surface area contributed by atoms with Gasteiger partial charge in [-0.2, -0.15) is 11.8 Å². The van der Waals surface area contributed by atoms with Crippen LogP contribution in [0.5, 0.6) is 0 Å². The van der Waals surface area contributed by atoms with E-state index >= 15 is 0 Å². The maximum Gasteiger partial charge on any atom is 0.410 e. The van der Waals surface area contributed by atoms with Crippen LogP contribution in [0, 0.1) is 0 Å². The average molecular weight is 318 g/mol. The molecule has 124 valence electrons. The molecule has 2 atom stereocenters. The summed E-state index contributed by atoms with van der Waals surface area (Å²) in [6.07, 6.45) is 2.76. The lowest BCUT2D eigenvalue weighted by molar-refractivity contribution is -0.0355. The zero-order chi connectivity index (χ0) is 15.9. The van der Waals surface area contributed by atoms with Gasteiger partial charge >= 0.3 is 6.09 Å². The van der Waals surface area contributed by atoms with Crippen molar-refractivity contribution >= 4 is 17.9 Å². The molecule has 5 nitrogen and oxygen atoms in total. The van der Waals surface area contributed by atoms with Gasteiger partial charge in [-0.25, -0.2) is 4.79 Å². The van der Waals surface area contributed by atoms with Crippen molar-refractivity contribution in [2.45, 2.75) is 51.8 Å². The van der Waals surface area contributed by atoms with Gasteiger partial charge in [-0.3, -0.25) is 0 Å². The standard InChI is InChI=1S/C15H30N2O3S/c1-12(16-6-9-21-5)10-13-11-19-8-7-17(13)14(18)20-15(2,3)4/h12-13,16H,6-11H2,1-5H3. The quantitative estimate of drug-likeness (QED) is 0.762. The molecule has 2 unspecified atom stereocenters. The molecule has 0 spiro atoms. The first-order valence-corrected chi connectivity index (χ1v) is 9.02. The van der Waals surface area contributed by atoms with Crippen LogP contribution in [0.2, 0.25) is 0 Å². The van der Waals surface area contributed by atoms with Gasteiger partial charge in [-0.05, 0) is 40.4 Å². The summed E-state index contributed by atoms with van der Waals surface area (Å²) in [7, 11) is 0. The molecule has 1 N–H and O–H groups in total. The predicted molar refractivity (Wildman–Crippen MR) is 88.0 cm³/mol. The van der Waals surface area contributed by atoms with Crippen LogP contribution in [0.1, 0.15) is 34.1 Å². The van der Waals surface area contributed by atoms with Crippen molar-refractivity contribution in [2.75, 3.05) is 38.3 Å². The Morgan fingerprint density at radius 1 is 1.52 bits per heavy atom. The minimum Gasteiger partial charge on any atom is -0.444 e. The van der Waals surface area contributed by atoms with E-state index in [2.05, 4.69) is 18.5 Å². The molecule has 1 fully saturated rings. The maximum absolute atomic E-state index is 12.3. The van der Waals surface area contributed by atoms with Gasteiger partial charge in [-0.15, -0.1) is 0 Å². The van der Waals surface area contributed by atoms with E-state index in [1.807, 2.05) is 37.4 Å². The number of carbonyl (C=O) groups is 1. The van der Waals surface area contributed by atoms with E-state index in [1.165, 1.54) is 0 Å². The topological polar surface area (TPSA) is 50.8 Å². The number of ether oxygens (including phenoxy) is 2. The van der Waals surface area contributed by atoms with Crippen molar-refractivity contribution in [2.24, 2.45) is 0 Å². The first-order valence-electron chi connectivity index (χ1n) is 7.63. The Hall–Kier alpha value is -0.460. The van der Waals surface area contributed by atoms with Crippen LogP contribution < -0.4 is 5.32 Å². The molecule has 1 heterocycles. The third-order valence-electron chi connectivity index (χ3n) is 3.28. The predicted octanol–water partition coefficient (Wildman–Crippen LogP) is 2.35. The first kappa shape index (κ1) is 18.6. The van der Waals surface area contributed by atoms with Crippen molar-refractivity contribution in [1.82, 2.24) is 10.2 Å². The Labute approximate surface area is 133 Å². The summed E-state index contributed by atoms with van der Waals surface area (Å²) in [5, 5.41) is 3.48. The Kier molecular flexibility index (Phi) is 7.84. The van der Waals surface area contributed by atoms with E-state index in [-0.39, 0.29) is 12.1 Å². The van der Waals surface area contributed by atoms with Crippen molar-refractivity contribution in [1.29, 1.82) is 0 Å². The second-order valence-corrected chi connectivity index (χ2v) is 7.47. The number of morpholine rings is 1. The second-order valence-electron chi connectivity index (χ2n) is 6.49. The zero-order valence-electron chi connectivity index (χ0n) is 14.0. The van der Waals surface area contributed by atoms with E-state index in [0.717, 1.165) is 18.7 Å². The molecule has 6 heteroatoms. The minimum atomic E-state index is -0.456.